The van der Waals surface area contributed by atoms with E-state index in [0.717, 1.165) is 12.1 Å². The quantitative estimate of drug-likeness (QED) is 0.791. The van der Waals surface area contributed by atoms with Gasteiger partial charge in [-0.3, -0.25) is 9.69 Å². The molecule has 30 heavy (non-hydrogen) atoms. The van der Waals surface area contributed by atoms with Crippen LogP contribution in [-0.2, 0) is 22.6 Å². The van der Waals surface area contributed by atoms with Crippen LogP contribution in [0.5, 0.6) is 0 Å². The summed E-state index contributed by atoms with van der Waals surface area (Å²) in [5.74, 6) is -0.158. The Morgan fingerprint density at radius 2 is 1.63 bits per heavy atom. The Morgan fingerprint density at radius 3 is 2.27 bits per heavy atom. The average Bonchev–Trinajstić information content (AvgIpc) is 3.06. The molecule has 0 radical (unpaired) electrons. The fraction of sp³-hybridized carbons (Fsp3) is 0.667. The second-order valence-corrected chi connectivity index (χ2v) is 9.64. The van der Waals surface area contributed by atoms with E-state index < -0.39 is 5.60 Å². The van der Waals surface area contributed by atoms with Crippen molar-refractivity contribution in [1.82, 2.24) is 15.1 Å². The third-order valence-electron chi connectivity index (χ3n) is 5.81. The Bertz CT molecular complexity index is 703. The van der Waals surface area contributed by atoms with Crippen LogP contribution in [0.2, 0.25) is 0 Å². The molecule has 6 heteroatoms. The number of benzene rings is 1. The van der Waals surface area contributed by atoms with Crippen molar-refractivity contribution in [2.24, 2.45) is 5.92 Å². The topological polar surface area (TPSA) is 61.9 Å². The molecule has 1 atom stereocenters. The van der Waals surface area contributed by atoms with Crippen molar-refractivity contribution < 1.29 is 14.3 Å². The first kappa shape index (κ1) is 22.6. The summed E-state index contributed by atoms with van der Waals surface area (Å²) in [6, 6.07) is 8.56. The highest BCUT2D eigenvalue weighted by atomic mass is 16.6. The van der Waals surface area contributed by atoms with Crippen LogP contribution in [0, 0.1) is 5.92 Å². The molecule has 0 saturated carbocycles. The average molecular weight is 416 g/mol. The lowest BCUT2D eigenvalue weighted by atomic mass is 10.1. The largest absolute Gasteiger partial charge is 0.444 e. The predicted octanol–water partition coefficient (Wildman–Crippen LogP) is 3.94. The second-order valence-electron chi connectivity index (χ2n) is 9.64. The maximum absolute atomic E-state index is 12.5. The molecular formula is C24H37N3O3. The van der Waals surface area contributed by atoms with E-state index in [4.69, 9.17) is 4.74 Å². The van der Waals surface area contributed by atoms with Crippen molar-refractivity contribution in [1.29, 1.82) is 0 Å². The van der Waals surface area contributed by atoms with E-state index in [1.54, 1.807) is 4.90 Å². The van der Waals surface area contributed by atoms with Crippen LogP contribution >= 0.6 is 0 Å². The van der Waals surface area contributed by atoms with Gasteiger partial charge in [-0.15, -0.1) is 0 Å². The molecule has 1 aromatic carbocycles. The molecule has 2 fully saturated rings. The van der Waals surface area contributed by atoms with Crippen LogP contribution in [0.25, 0.3) is 0 Å². The summed E-state index contributed by atoms with van der Waals surface area (Å²) in [6.45, 7) is 10.5. The lowest BCUT2D eigenvalue weighted by molar-refractivity contribution is -0.124. The molecule has 1 unspecified atom stereocenters. The van der Waals surface area contributed by atoms with Crippen LogP contribution in [-0.4, -0.2) is 53.6 Å². The SMILES string of the molecule is CC(C)(C)OC(=O)N1CCC(C(=O)NCc2ccc(CN3CCCCCC3)cc2)C1. The van der Waals surface area contributed by atoms with E-state index in [-0.39, 0.29) is 17.9 Å². The first-order valence-electron chi connectivity index (χ1n) is 11.4. The molecule has 0 aromatic heterocycles. The molecule has 0 bridgehead atoms. The number of likely N-dealkylation sites (tertiary alicyclic amines) is 2. The summed E-state index contributed by atoms with van der Waals surface area (Å²) in [6.07, 6.45) is 5.66. The maximum Gasteiger partial charge on any atom is 0.410 e. The van der Waals surface area contributed by atoms with E-state index in [9.17, 15) is 9.59 Å². The highest BCUT2D eigenvalue weighted by molar-refractivity contribution is 5.80. The van der Waals surface area contributed by atoms with Gasteiger partial charge in [0.1, 0.15) is 5.60 Å². The van der Waals surface area contributed by atoms with Gasteiger partial charge in [-0.25, -0.2) is 4.79 Å². The van der Waals surface area contributed by atoms with Crippen LogP contribution in [0.3, 0.4) is 0 Å². The zero-order chi connectivity index (χ0) is 21.6. The zero-order valence-corrected chi connectivity index (χ0v) is 18.8. The first-order valence-corrected chi connectivity index (χ1v) is 11.4. The number of rotatable bonds is 5. The summed E-state index contributed by atoms with van der Waals surface area (Å²) in [5.41, 5.74) is 1.91. The molecule has 2 heterocycles. The van der Waals surface area contributed by atoms with E-state index in [0.29, 0.717) is 26.1 Å². The molecule has 6 nitrogen and oxygen atoms in total. The van der Waals surface area contributed by atoms with Crippen LogP contribution < -0.4 is 5.32 Å². The van der Waals surface area contributed by atoms with Gasteiger partial charge in [0.2, 0.25) is 5.91 Å². The number of hydrogen-bond donors (Lipinski definition) is 1. The molecule has 166 valence electrons. The molecular weight excluding hydrogens is 378 g/mol. The highest BCUT2D eigenvalue weighted by Crippen LogP contribution is 2.20. The fourth-order valence-corrected chi connectivity index (χ4v) is 4.12. The van der Waals surface area contributed by atoms with Gasteiger partial charge in [0, 0.05) is 26.2 Å². The monoisotopic (exact) mass is 415 g/mol. The van der Waals surface area contributed by atoms with Crippen LogP contribution in [0.4, 0.5) is 4.79 Å². The third kappa shape index (κ3) is 7.01. The molecule has 2 amide bonds. The van der Waals surface area contributed by atoms with Gasteiger partial charge in [0.15, 0.2) is 0 Å². The second kappa shape index (κ2) is 10.3. The molecule has 1 aromatic rings. The lowest BCUT2D eigenvalue weighted by Crippen LogP contribution is -2.37. The Balaban J connectivity index is 1.42. The minimum absolute atomic E-state index is 0.00898. The van der Waals surface area contributed by atoms with Crippen molar-refractivity contribution in [3.63, 3.8) is 0 Å². The summed E-state index contributed by atoms with van der Waals surface area (Å²) < 4.78 is 5.40. The van der Waals surface area contributed by atoms with Crippen molar-refractivity contribution in [3.8, 4) is 0 Å². The van der Waals surface area contributed by atoms with Crippen molar-refractivity contribution in [2.75, 3.05) is 26.2 Å². The van der Waals surface area contributed by atoms with Gasteiger partial charge in [0.05, 0.1) is 5.92 Å². The molecule has 2 aliphatic rings. The normalized spacial score (nSPS) is 20.6. The number of hydrogen-bond acceptors (Lipinski definition) is 4. The Labute approximate surface area is 180 Å². The van der Waals surface area contributed by atoms with E-state index >= 15 is 0 Å². The van der Waals surface area contributed by atoms with E-state index in [1.165, 1.54) is 44.3 Å². The summed E-state index contributed by atoms with van der Waals surface area (Å²) in [7, 11) is 0. The standard InChI is InChI=1S/C24H37N3O3/c1-24(2,3)30-23(29)27-15-12-21(18-27)22(28)25-16-19-8-10-20(11-9-19)17-26-13-6-4-5-7-14-26/h8-11,21H,4-7,12-18H2,1-3H3,(H,25,28). The Hall–Kier alpha value is -2.08. The van der Waals surface area contributed by atoms with Crippen molar-refractivity contribution in [3.05, 3.63) is 35.4 Å². The molecule has 3 rings (SSSR count). The van der Waals surface area contributed by atoms with Crippen LogP contribution in [0.15, 0.2) is 24.3 Å². The lowest BCUT2D eigenvalue weighted by Gasteiger charge is -2.24. The minimum Gasteiger partial charge on any atom is -0.444 e. The molecule has 0 aliphatic carbocycles. The fourth-order valence-electron chi connectivity index (χ4n) is 4.12. The van der Waals surface area contributed by atoms with Gasteiger partial charge in [-0.05, 0) is 64.3 Å². The molecule has 2 saturated heterocycles. The van der Waals surface area contributed by atoms with Gasteiger partial charge < -0.3 is 15.0 Å². The number of nitrogens with one attached hydrogen (secondary N) is 1. The predicted molar refractivity (Wildman–Crippen MR) is 118 cm³/mol. The number of carbonyl (C=O) groups is 2. The van der Waals surface area contributed by atoms with E-state index in [2.05, 4.69) is 34.5 Å². The number of amides is 2. The minimum atomic E-state index is -0.517. The third-order valence-corrected chi connectivity index (χ3v) is 5.81. The van der Waals surface area contributed by atoms with Crippen LogP contribution in [0.1, 0.15) is 64.0 Å². The number of ether oxygens (including phenoxy) is 1. The Morgan fingerprint density at radius 1 is 1.00 bits per heavy atom. The molecule has 0 spiro atoms. The summed E-state index contributed by atoms with van der Waals surface area (Å²) in [5, 5.41) is 3.03. The van der Waals surface area contributed by atoms with Crippen molar-refractivity contribution in [2.45, 2.75) is 71.6 Å². The number of nitrogens with zero attached hydrogens (tertiary/aromatic N) is 2. The van der Waals surface area contributed by atoms with Crippen molar-refractivity contribution >= 4 is 12.0 Å². The maximum atomic E-state index is 12.5. The summed E-state index contributed by atoms with van der Waals surface area (Å²) >= 11 is 0. The van der Waals surface area contributed by atoms with Gasteiger partial charge in [0.25, 0.3) is 0 Å². The highest BCUT2D eigenvalue weighted by Gasteiger charge is 2.33. The van der Waals surface area contributed by atoms with Gasteiger partial charge in [-0.2, -0.15) is 0 Å². The van der Waals surface area contributed by atoms with Gasteiger partial charge >= 0.3 is 6.09 Å². The first-order chi connectivity index (χ1) is 14.3. The molecule has 1 N–H and O–H groups in total. The molecule has 2 aliphatic heterocycles. The summed E-state index contributed by atoms with van der Waals surface area (Å²) in [4.78, 5) is 28.9. The Kier molecular flexibility index (Phi) is 7.75. The zero-order valence-electron chi connectivity index (χ0n) is 18.8. The number of carbonyl (C=O) groups excluding carboxylic acids is 2. The van der Waals surface area contributed by atoms with Gasteiger partial charge in [-0.1, -0.05) is 37.1 Å². The van der Waals surface area contributed by atoms with E-state index in [1.807, 2.05) is 20.8 Å². The smallest absolute Gasteiger partial charge is 0.410 e.